The van der Waals surface area contributed by atoms with Crippen molar-refractivity contribution in [3.8, 4) is 0 Å². The van der Waals surface area contributed by atoms with E-state index in [1.54, 1.807) is 29.0 Å². The fraction of sp³-hybridized carbons (Fsp3) is 0.440. The molecule has 2 aromatic rings. The zero-order chi connectivity index (χ0) is 24.1. The fourth-order valence-electron chi connectivity index (χ4n) is 4.25. The van der Waals surface area contributed by atoms with Gasteiger partial charge in [0, 0.05) is 49.0 Å². The van der Waals surface area contributed by atoms with Crippen LogP contribution in [0.4, 0.5) is 10.1 Å². The summed E-state index contributed by atoms with van der Waals surface area (Å²) in [4.78, 5) is 30.8. The van der Waals surface area contributed by atoms with Crippen LogP contribution in [0.5, 0.6) is 0 Å². The van der Waals surface area contributed by atoms with Crippen LogP contribution in [-0.4, -0.2) is 72.8 Å². The SMILES string of the molecule is Cc1cc(C)c(NC(=O)CN(C)CC(=O)N2CCN(Cc3c(F)cccc3Cl)CC2)c(C)c1. The minimum atomic E-state index is -0.308. The first-order chi connectivity index (χ1) is 15.6. The molecule has 6 nitrogen and oxygen atoms in total. The number of aryl methyl sites for hydroxylation is 3. The lowest BCUT2D eigenvalue weighted by Crippen LogP contribution is -2.51. The van der Waals surface area contributed by atoms with E-state index in [2.05, 4.69) is 10.2 Å². The monoisotopic (exact) mass is 474 g/mol. The number of carbonyl (C=O) groups is 2. The normalized spacial score (nSPS) is 14.6. The summed E-state index contributed by atoms with van der Waals surface area (Å²) < 4.78 is 14.0. The molecule has 3 rings (SSSR count). The van der Waals surface area contributed by atoms with Gasteiger partial charge in [-0.1, -0.05) is 35.4 Å². The highest BCUT2D eigenvalue weighted by Gasteiger charge is 2.23. The van der Waals surface area contributed by atoms with Crippen LogP contribution in [0.3, 0.4) is 0 Å². The van der Waals surface area contributed by atoms with Crippen molar-refractivity contribution < 1.29 is 14.0 Å². The summed E-state index contributed by atoms with van der Waals surface area (Å²) in [5, 5.41) is 3.39. The van der Waals surface area contributed by atoms with Gasteiger partial charge in [0.1, 0.15) is 5.82 Å². The van der Waals surface area contributed by atoms with Crippen LogP contribution in [0, 0.1) is 26.6 Å². The van der Waals surface area contributed by atoms with Crippen LogP contribution in [0.25, 0.3) is 0 Å². The van der Waals surface area contributed by atoms with Crippen molar-refractivity contribution in [2.75, 3.05) is 51.6 Å². The van der Waals surface area contributed by atoms with Crippen LogP contribution in [0.15, 0.2) is 30.3 Å². The number of nitrogens with zero attached hydrogens (tertiary/aromatic N) is 3. The Balaban J connectivity index is 1.45. The van der Waals surface area contributed by atoms with Gasteiger partial charge in [-0.25, -0.2) is 4.39 Å². The zero-order valence-electron chi connectivity index (χ0n) is 19.8. The maximum atomic E-state index is 14.0. The van der Waals surface area contributed by atoms with Crippen LogP contribution >= 0.6 is 11.6 Å². The van der Waals surface area contributed by atoms with E-state index in [0.29, 0.717) is 43.3 Å². The average molecular weight is 475 g/mol. The van der Waals surface area contributed by atoms with Crippen LogP contribution in [-0.2, 0) is 16.1 Å². The molecular weight excluding hydrogens is 443 g/mol. The number of rotatable bonds is 7. The van der Waals surface area contributed by atoms with Gasteiger partial charge in [0.2, 0.25) is 11.8 Å². The van der Waals surface area contributed by atoms with Gasteiger partial charge in [0.15, 0.2) is 0 Å². The first kappa shape index (κ1) is 25.1. The second-order valence-electron chi connectivity index (χ2n) is 8.85. The predicted molar refractivity (Wildman–Crippen MR) is 130 cm³/mol. The molecule has 2 amide bonds. The molecule has 0 radical (unpaired) electrons. The Bertz CT molecular complexity index is 978. The molecule has 1 aliphatic heterocycles. The minimum Gasteiger partial charge on any atom is -0.339 e. The van der Waals surface area contributed by atoms with Crippen molar-refractivity contribution in [3.63, 3.8) is 0 Å². The summed E-state index contributed by atoms with van der Waals surface area (Å²) in [6.07, 6.45) is 0. The first-order valence-electron chi connectivity index (χ1n) is 11.1. The molecule has 1 saturated heterocycles. The standard InChI is InChI=1S/C25H32ClFN4O2/c1-17-12-18(2)25(19(3)13-17)28-23(32)15-29(4)16-24(33)31-10-8-30(9-11-31)14-20-21(26)6-5-7-22(20)27/h5-7,12-13H,8-11,14-16H2,1-4H3,(H,28,32). The molecule has 0 unspecified atom stereocenters. The fourth-order valence-corrected chi connectivity index (χ4v) is 4.47. The molecule has 1 heterocycles. The quantitative estimate of drug-likeness (QED) is 0.666. The number of anilines is 1. The first-order valence-corrected chi connectivity index (χ1v) is 11.5. The van der Waals surface area contributed by atoms with E-state index in [4.69, 9.17) is 11.6 Å². The number of likely N-dealkylation sites (N-methyl/N-ethyl adjacent to an activating group) is 1. The van der Waals surface area contributed by atoms with E-state index >= 15 is 0 Å². The number of carbonyl (C=O) groups excluding carboxylic acids is 2. The summed E-state index contributed by atoms with van der Waals surface area (Å²) in [5.41, 5.74) is 4.52. The second-order valence-corrected chi connectivity index (χ2v) is 9.26. The summed E-state index contributed by atoms with van der Waals surface area (Å²) in [6.45, 7) is 9.11. The van der Waals surface area contributed by atoms with E-state index in [1.807, 2.05) is 32.9 Å². The molecule has 8 heteroatoms. The van der Waals surface area contributed by atoms with Crippen LogP contribution in [0.1, 0.15) is 22.3 Å². The van der Waals surface area contributed by atoms with Gasteiger partial charge in [0.05, 0.1) is 13.1 Å². The molecule has 1 aliphatic rings. The highest BCUT2D eigenvalue weighted by atomic mass is 35.5. The maximum Gasteiger partial charge on any atom is 0.238 e. The van der Waals surface area contributed by atoms with E-state index in [-0.39, 0.29) is 30.7 Å². The highest BCUT2D eigenvalue weighted by Crippen LogP contribution is 2.22. The van der Waals surface area contributed by atoms with Gasteiger partial charge in [0.25, 0.3) is 0 Å². The summed E-state index contributed by atoms with van der Waals surface area (Å²) in [6, 6.07) is 8.77. The third kappa shape index (κ3) is 6.76. The minimum absolute atomic E-state index is 0.0171. The smallest absolute Gasteiger partial charge is 0.238 e. The molecule has 0 bridgehead atoms. The average Bonchev–Trinajstić information content (AvgIpc) is 2.73. The summed E-state index contributed by atoms with van der Waals surface area (Å²) in [7, 11) is 1.77. The number of halogens is 2. The van der Waals surface area contributed by atoms with Crippen molar-refractivity contribution in [1.82, 2.24) is 14.7 Å². The van der Waals surface area contributed by atoms with E-state index in [1.165, 1.54) is 6.07 Å². The lowest BCUT2D eigenvalue weighted by Gasteiger charge is -2.35. The van der Waals surface area contributed by atoms with Crippen molar-refractivity contribution in [2.45, 2.75) is 27.3 Å². The Morgan fingerprint density at radius 2 is 1.70 bits per heavy atom. The van der Waals surface area contributed by atoms with Crippen molar-refractivity contribution in [1.29, 1.82) is 0 Å². The number of amides is 2. The van der Waals surface area contributed by atoms with Crippen LogP contribution in [0.2, 0.25) is 5.02 Å². The molecule has 33 heavy (non-hydrogen) atoms. The maximum absolute atomic E-state index is 14.0. The zero-order valence-corrected chi connectivity index (χ0v) is 20.5. The Morgan fingerprint density at radius 3 is 2.30 bits per heavy atom. The lowest BCUT2D eigenvalue weighted by molar-refractivity contribution is -0.134. The van der Waals surface area contributed by atoms with Gasteiger partial charge in [-0.15, -0.1) is 0 Å². The van der Waals surface area contributed by atoms with Gasteiger partial charge in [-0.2, -0.15) is 0 Å². The van der Waals surface area contributed by atoms with E-state index < -0.39 is 0 Å². The van der Waals surface area contributed by atoms with E-state index in [0.717, 1.165) is 22.4 Å². The van der Waals surface area contributed by atoms with Gasteiger partial charge in [-0.05, 0) is 51.1 Å². The molecule has 0 aliphatic carbocycles. The molecule has 2 aromatic carbocycles. The second kappa shape index (κ2) is 11.1. The predicted octanol–water partition coefficient (Wildman–Crippen LogP) is 3.62. The largest absolute Gasteiger partial charge is 0.339 e. The molecule has 1 N–H and O–H groups in total. The number of hydrogen-bond donors (Lipinski definition) is 1. The Kier molecular flexibility index (Phi) is 8.46. The summed E-state index contributed by atoms with van der Waals surface area (Å²) >= 11 is 6.13. The molecule has 178 valence electrons. The number of nitrogens with one attached hydrogen (secondary N) is 1. The Labute approximate surface area is 200 Å². The van der Waals surface area contributed by atoms with Gasteiger partial charge >= 0.3 is 0 Å². The Hall–Kier alpha value is -2.48. The number of piperazine rings is 1. The van der Waals surface area contributed by atoms with Crippen molar-refractivity contribution in [2.24, 2.45) is 0 Å². The van der Waals surface area contributed by atoms with Crippen molar-refractivity contribution in [3.05, 3.63) is 63.4 Å². The van der Waals surface area contributed by atoms with E-state index in [9.17, 15) is 14.0 Å². The number of benzene rings is 2. The summed E-state index contributed by atoms with van der Waals surface area (Å²) in [5.74, 6) is -0.472. The lowest BCUT2D eigenvalue weighted by atomic mass is 10.1. The molecule has 0 aromatic heterocycles. The molecule has 0 spiro atoms. The molecule has 1 fully saturated rings. The van der Waals surface area contributed by atoms with Crippen LogP contribution < -0.4 is 5.32 Å². The molecular formula is C25H32ClFN4O2. The van der Waals surface area contributed by atoms with Crippen molar-refractivity contribution >= 4 is 29.1 Å². The molecule has 0 atom stereocenters. The Morgan fingerprint density at radius 1 is 1.06 bits per heavy atom. The molecule has 0 saturated carbocycles. The highest BCUT2D eigenvalue weighted by molar-refractivity contribution is 6.31. The third-order valence-corrected chi connectivity index (χ3v) is 6.28. The third-order valence-electron chi connectivity index (χ3n) is 5.93. The number of hydrogen-bond acceptors (Lipinski definition) is 4. The van der Waals surface area contributed by atoms with Gasteiger partial charge < -0.3 is 10.2 Å². The van der Waals surface area contributed by atoms with Gasteiger partial charge in [-0.3, -0.25) is 19.4 Å². The topological polar surface area (TPSA) is 55.9 Å².